The number of methoxy groups -OCH3 is 1. The number of fused-ring (bicyclic) bond motifs is 1. The summed E-state index contributed by atoms with van der Waals surface area (Å²) >= 11 is 0. The maximum absolute atomic E-state index is 12.3. The molecule has 0 spiro atoms. The Morgan fingerprint density at radius 3 is 2.64 bits per heavy atom. The smallest absolute Gasteiger partial charge is 0.240 e. The monoisotopic (exact) mass is 364 g/mol. The Morgan fingerprint density at radius 2 is 2.00 bits per heavy atom. The van der Waals surface area contributed by atoms with Crippen LogP contribution in [0.2, 0.25) is 0 Å². The van der Waals surface area contributed by atoms with E-state index >= 15 is 0 Å². The number of ether oxygens (including phenoxy) is 1. The van der Waals surface area contributed by atoms with Crippen LogP contribution in [-0.4, -0.2) is 64.1 Å². The number of rotatable bonds is 4. The SMILES string of the molecule is CN=S(C)(=O)CC1(O)CCN(c2ccnc3c(OC)nccc23)CC1. The molecule has 3 heterocycles. The van der Waals surface area contributed by atoms with Gasteiger partial charge in [0.25, 0.3) is 0 Å². The number of hydrogen-bond acceptors (Lipinski definition) is 7. The average molecular weight is 364 g/mol. The highest BCUT2D eigenvalue weighted by molar-refractivity contribution is 7.92. The Balaban J connectivity index is 1.84. The van der Waals surface area contributed by atoms with Gasteiger partial charge in [-0.15, -0.1) is 0 Å². The first-order valence-corrected chi connectivity index (χ1v) is 10.3. The second kappa shape index (κ2) is 6.76. The number of anilines is 1. The normalized spacial score (nSPS) is 19.4. The van der Waals surface area contributed by atoms with Crippen LogP contribution in [0, 0.1) is 0 Å². The van der Waals surface area contributed by atoms with E-state index in [2.05, 4.69) is 19.2 Å². The zero-order chi connectivity index (χ0) is 18.1. The third-order valence-electron chi connectivity index (χ3n) is 4.75. The first kappa shape index (κ1) is 17.9. The van der Waals surface area contributed by atoms with Crippen molar-refractivity contribution in [2.75, 3.05) is 44.2 Å². The van der Waals surface area contributed by atoms with E-state index in [1.54, 1.807) is 32.8 Å². The molecule has 0 amide bonds. The largest absolute Gasteiger partial charge is 0.479 e. The molecular weight excluding hydrogens is 340 g/mol. The summed E-state index contributed by atoms with van der Waals surface area (Å²) in [6.45, 7) is 1.36. The predicted octanol–water partition coefficient (Wildman–Crippen LogP) is 1.70. The summed E-state index contributed by atoms with van der Waals surface area (Å²) in [5.74, 6) is 0.724. The van der Waals surface area contributed by atoms with Gasteiger partial charge in [0.05, 0.1) is 18.5 Å². The van der Waals surface area contributed by atoms with Gasteiger partial charge in [0.1, 0.15) is 5.52 Å². The van der Waals surface area contributed by atoms with Crippen LogP contribution in [0.1, 0.15) is 12.8 Å². The summed E-state index contributed by atoms with van der Waals surface area (Å²) in [7, 11) is 0.797. The minimum Gasteiger partial charge on any atom is -0.479 e. The van der Waals surface area contributed by atoms with Gasteiger partial charge in [-0.05, 0) is 25.0 Å². The number of aromatic nitrogens is 2. The van der Waals surface area contributed by atoms with Gasteiger partial charge in [0.2, 0.25) is 5.88 Å². The summed E-state index contributed by atoms with van der Waals surface area (Å²) in [6, 6.07) is 3.90. The van der Waals surface area contributed by atoms with Crippen LogP contribution in [0.3, 0.4) is 0 Å². The fourth-order valence-corrected chi connectivity index (χ4v) is 4.75. The van der Waals surface area contributed by atoms with Gasteiger partial charge >= 0.3 is 0 Å². The maximum atomic E-state index is 12.3. The fraction of sp³-hybridized carbons (Fsp3) is 0.529. The van der Waals surface area contributed by atoms with Crippen molar-refractivity contribution in [1.29, 1.82) is 0 Å². The molecule has 1 fully saturated rings. The van der Waals surface area contributed by atoms with Crippen molar-refractivity contribution < 1.29 is 14.1 Å². The average Bonchev–Trinajstić information content (AvgIpc) is 2.61. The van der Waals surface area contributed by atoms with Gasteiger partial charge in [-0.2, -0.15) is 0 Å². The van der Waals surface area contributed by atoms with Crippen LogP contribution in [0.5, 0.6) is 5.88 Å². The molecule has 1 N–H and O–H groups in total. The summed E-state index contributed by atoms with van der Waals surface area (Å²) < 4.78 is 21.5. The van der Waals surface area contributed by atoms with E-state index in [1.807, 2.05) is 12.1 Å². The molecule has 0 radical (unpaired) electrons. The third-order valence-corrected chi connectivity index (χ3v) is 6.60. The number of piperidine rings is 1. The topological polar surface area (TPSA) is 87.9 Å². The molecule has 0 aromatic carbocycles. The lowest BCUT2D eigenvalue weighted by Crippen LogP contribution is -2.48. The highest BCUT2D eigenvalue weighted by Gasteiger charge is 2.35. The van der Waals surface area contributed by atoms with Crippen molar-refractivity contribution >= 4 is 26.3 Å². The molecule has 1 saturated heterocycles. The minimum atomic E-state index is -2.33. The molecule has 1 aliphatic heterocycles. The lowest BCUT2D eigenvalue weighted by Gasteiger charge is -2.39. The van der Waals surface area contributed by atoms with Crippen molar-refractivity contribution in [2.45, 2.75) is 18.4 Å². The maximum Gasteiger partial charge on any atom is 0.240 e. The van der Waals surface area contributed by atoms with Gasteiger partial charge in [0.15, 0.2) is 0 Å². The quantitative estimate of drug-likeness (QED) is 0.888. The van der Waals surface area contributed by atoms with E-state index < -0.39 is 15.3 Å². The zero-order valence-electron chi connectivity index (χ0n) is 14.8. The summed E-state index contributed by atoms with van der Waals surface area (Å²) in [4.78, 5) is 10.8. The Bertz CT molecular complexity index is 885. The van der Waals surface area contributed by atoms with Gasteiger partial charge in [-0.3, -0.25) is 4.98 Å². The lowest BCUT2D eigenvalue weighted by molar-refractivity contribution is 0.0390. The molecule has 1 aliphatic rings. The molecular formula is C17H24N4O3S. The first-order valence-electron chi connectivity index (χ1n) is 8.20. The zero-order valence-corrected chi connectivity index (χ0v) is 15.6. The van der Waals surface area contributed by atoms with Crippen LogP contribution >= 0.6 is 0 Å². The Kier molecular flexibility index (Phi) is 4.83. The predicted molar refractivity (Wildman–Crippen MR) is 99.8 cm³/mol. The first-order chi connectivity index (χ1) is 11.9. The lowest BCUT2D eigenvalue weighted by atomic mass is 9.93. The van der Waals surface area contributed by atoms with Crippen LogP contribution in [-0.2, 0) is 9.73 Å². The van der Waals surface area contributed by atoms with Crippen LogP contribution in [0.25, 0.3) is 10.9 Å². The molecule has 25 heavy (non-hydrogen) atoms. The molecule has 2 aromatic heterocycles. The Morgan fingerprint density at radius 1 is 1.32 bits per heavy atom. The van der Waals surface area contributed by atoms with E-state index in [1.165, 1.54) is 0 Å². The number of aliphatic hydroxyl groups is 1. The molecule has 0 saturated carbocycles. The molecule has 3 rings (SSSR count). The summed E-state index contributed by atoms with van der Waals surface area (Å²) in [5.41, 5.74) is 0.846. The fourth-order valence-electron chi connectivity index (χ4n) is 3.33. The standard InChI is InChI=1S/C17H24N4O3S/c1-18-25(3,23)12-17(22)6-10-21(11-7-17)14-5-9-19-15-13(14)4-8-20-16(15)24-2/h4-5,8-9,22H,6-7,10-12H2,1-3H3. The number of pyridine rings is 2. The van der Waals surface area contributed by atoms with E-state index in [9.17, 15) is 9.32 Å². The van der Waals surface area contributed by atoms with Crippen molar-refractivity contribution in [3.05, 3.63) is 24.5 Å². The van der Waals surface area contributed by atoms with E-state index in [0.717, 1.165) is 16.6 Å². The van der Waals surface area contributed by atoms with Crippen LogP contribution < -0.4 is 9.64 Å². The van der Waals surface area contributed by atoms with Gasteiger partial charge in [-0.1, -0.05) is 0 Å². The van der Waals surface area contributed by atoms with E-state index in [-0.39, 0.29) is 5.75 Å². The van der Waals surface area contributed by atoms with Crippen molar-refractivity contribution in [1.82, 2.24) is 9.97 Å². The molecule has 8 heteroatoms. The van der Waals surface area contributed by atoms with Gasteiger partial charge in [-0.25, -0.2) is 13.6 Å². The number of hydrogen-bond donors (Lipinski definition) is 1. The molecule has 2 aromatic rings. The molecule has 0 bridgehead atoms. The minimum absolute atomic E-state index is 0.221. The Hall–Kier alpha value is -1.93. The molecule has 136 valence electrons. The Labute approximate surface area is 148 Å². The van der Waals surface area contributed by atoms with E-state index in [4.69, 9.17) is 4.74 Å². The van der Waals surface area contributed by atoms with E-state index in [0.29, 0.717) is 31.8 Å². The van der Waals surface area contributed by atoms with Gasteiger partial charge < -0.3 is 14.7 Å². The second-order valence-electron chi connectivity index (χ2n) is 6.54. The molecule has 0 aliphatic carbocycles. The van der Waals surface area contributed by atoms with Gasteiger partial charge in [0, 0.05) is 59.6 Å². The molecule has 1 atom stereocenters. The highest BCUT2D eigenvalue weighted by atomic mass is 32.2. The highest BCUT2D eigenvalue weighted by Crippen LogP contribution is 2.33. The summed E-state index contributed by atoms with van der Waals surface area (Å²) in [5, 5.41) is 11.8. The van der Waals surface area contributed by atoms with Crippen molar-refractivity contribution in [2.24, 2.45) is 4.36 Å². The van der Waals surface area contributed by atoms with Crippen molar-refractivity contribution in [3.8, 4) is 5.88 Å². The number of nitrogens with zero attached hydrogens (tertiary/aromatic N) is 4. The van der Waals surface area contributed by atoms with Crippen LogP contribution in [0.15, 0.2) is 28.9 Å². The van der Waals surface area contributed by atoms with Crippen molar-refractivity contribution in [3.63, 3.8) is 0 Å². The third kappa shape index (κ3) is 3.69. The summed E-state index contributed by atoms with van der Waals surface area (Å²) in [6.07, 6.45) is 6.17. The molecule has 1 unspecified atom stereocenters. The molecule has 7 nitrogen and oxygen atoms in total. The van der Waals surface area contributed by atoms with Crippen LogP contribution in [0.4, 0.5) is 5.69 Å². The second-order valence-corrected chi connectivity index (χ2v) is 9.12.